The number of imidazole rings is 1. The number of fused-ring (bicyclic) bond motifs is 3. The predicted octanol–water partition coefficient (Wildman–Crippen LogP) is 5.14. The van der Waals surface area contributed by atoms with Crippen molar-refractivity contribution in [2.75, 3.05) is 13.7 Å². The fourth-order valence-corrected chi connectivity index (χ4v) is 3.88. The number of nitrogens with one attached hydrogen (secondary N) is 1. The number of aromatic nitrogens is 3. The van der Waals surface area contributed by atoms with E-state index in [-0.39, 0.29) is 45.8 Å². The number of aliphatic hydroxyl groups excluding tert-OH is 2. The summed E-state index contributed by atoms with van der Waals surface area (Å²) >= 11 is 0. The minimum atomic E-state index is -0.763. The molecule has 5 rings (SSSR count). The zero-order valence-electron chi connectivity index (χ0n) is 18.3. The first-order chi connectivity index (χ1) is 16.1. The molecule has 0 aliphatic heterocycles. The molecule has 2 aromatic heterocycles. The molecule has 1 unspecified atom stereocenters. The molecule has 3 aromatic carbocycles. The molecule has 6 nitrogen and oxygen atoms in total. The number of benzene rings is 3. The molecule has 0 amide bonds. The summed E-state index contributed by atoms with van der Waals surface area (Å²) in [6, 6.07) is 16.5. The van der Waals surface area contributed by atoms with Gasteiger partial charge in [-0.2, -0.15) is 0 Å². The van der Waals surface area contributed by atoms with Crippen molar-refractivity contribution in [3.63, 3.8) is 0 Å². The molecular formula is C25H23F2N4O2W-. The van der Waals surface area contributed by atoms with E-state index in [4.69, 9.17) is 5.11 Å². The second kappa shape index (κ2) is 11.4. The van der Waals surface area contributed by atoms with Gasteiger partial charge in [0.15, 0.2) is 0 Å². The van der Waals surface area contributed by atoms with Crippen molar-refractivity contribution in [3.8, 4) is 11.3 Å². The number of nitrogens with zero attached hydrogens (tertiary/aromatic N) is 3. The van der Waals surface area contributed by atoms with Crippen molar-refractivity contribution >= 4 is 27.5 Å². The first-order valence-corrected chi connectivity index (χ1v) is 10.3. The molecule has 0 radical (unpaired) electrons. The third-order valence-corrected chi connectivity index (χ3v) is 5.34. The normalized spacial score (nSPS) is 11.6. The molecule has 0 spiro atoms. The largest absolute Gasteiger partial charge is 0.682 e. The average Bonchev–Trinajstić information content (AvgIpc) is 3.47. The maximum absolute atomic E-state index is 13.8. The number of H-pyrrole nitrogens is 1. The zero-order chi connectivity index (χ0) is 23.4. The van der Waals surface area contributed by atoms with Crippen LogP contribution in [0.5, 0.6) is 0 Å². The van der Waals surface area contributed by atoms with Crippen molar-refractivity contribution in [1.82, 2.24) is 14.5 Å². The fourth-order valence-electron chi connectivity index (χ4n) is 3.88. The van der Waals surface area contributed by atoms with Crippen LogP contribution < -0.4 is 0 Å². The van der Waals surface area contributed by atoms with E-state index in [9.17, 15) is 13.9 Å². The Morgan fingerprint density at radius 1 is 0.941 bits per heavy atom. The third kappa shape index (κ3) is 5.36. The SMILES string of the molecule is CO.OC(C[N-]c1ccc(-c2cnc[nH]2)cc1)Cn1c2ccc(F)cc2c2cc(F)ccc21.[W]. The van der Waals surface area contributed by atoms with E-state index in [1.807, 2.05) is 28.8 Å². The first-order valence-electron chi connectivity index (χ1n) is 10.3. The monoisotopic (exact) mass is 633 g/mol. The Labute approximate surface area is 209 Å². The van der Waals surface area contributed by atoms with E-state index >= 15 is 0 Å². The number of hydrogen-bond donors (Lipinski definition) is 3. The number of aromatic amines is 1. The van der Waals surface area contributed by atoms with Gasteiger partial charge in [0.05, 0.1) is 24.3 Å². The van der Waals surface area contributed by atoms with Crippen LogP contribution in [0.3, 0.4) is 0 Å². The third-order valence-electron chi connectivity index (χ3n) is 5.34. The summed E-state index contributed by atoms with van der Waals surface area (Å²) in [6.07, 6.45) is 2.61. The van der Waals surface area contributed by atoms with Gasteiger partial charge in [0, 0.05) is 56.5 Å². The number of rotatable bonds is 6. The Morgan fingerprint density at radius 2 is 1.53 bits per heavy atom. The van der Waals surface area contributed by atoms with Crippen LogP contribution in [0.15, 0.2) is 73.2 Å². The topological polar surface area (TPSA) is 88.2 Å². The van der Waals surface area contributed by atoms with Crippen LogP contribution in [0.2, 0.25) is 0 Å². The van der Waals surface area contributed by atoms with Gasteiger partial charge in [0.25, 0.3) is 0 Å². The molecule has 1 atom stereocenters. The van der Waals surface area contributed by atoms with Crippen LogP contribution in [0.1, 0.15) is 0 Å². The summed E-state index contributed by atoms with van der Waals surface area (Å²) in [5.41, 5.74) is 4.16. The van der Waals surface area contributed by atoms with E-state index < -0.39 is 6.10 Å². The number of aliphatic hydroxyl groups is 2. The summed E-state index contributed by atoms with van der Waals surface area (Å²) in [4.78, 5) is 7.07. The van der Waals surface area contributed by atoms with Gasteiger partial charge >= 0.3 is 0 Å². The van der Waals surface area contributed by atoms with Gasteiger partial charge in [-0.1, -0.05) is 24.3 Å². The first kappa shape index (κ1) is 25.6. The molecule has 0 saturated carbocycles. The van der Waals surface area contributed by atoms with Crippen molar-refractivity contribution in [1.29, 1.82) is 0 Å². The summed E-state index contributed by atoms with van der Waals surface area (Å²) in [5, 5.41) is 23.4. The van der Waals surface area contributed by atoms with E-state index in [2.05, 4.69) is 15.3 Å². The van der Waals surface area contributed by atoms with Gasteiger partial charge in [-0.15, -0.1) is 12.2 Å². The Kier molecular flexibility index (Phi) is 8.55. The Bertz CT molecular complexity index is 1300. The van der Waals surface area contributed by atoms with E-state index in [0.717, 1.165) is 35.1 Å². The molecule has 176 valence electrons. The van der Waals surface area contributed by atoms with Crippen LogP contribution in [0.4, 0.5) is 14.5 Å². The van der Waals surface area contributed by atoms with Gasteiger partial charge < -0.3 is 25.1 Å². The molecule has 2 heterocycles. The maximum atomic E-state index is 13.8. The molecule has 3 N–H and O–H groups in total. The van der Waals surface area contributed by atoms with E-state index in [1.165, 1.54) is 24.3 Å². The minimum Gasteiger partial charge on any atom is -0.682 e. The summed E-state index contributed by atoms with van der Waals surface area (Å²) < 4.78 is 29.5. The number of halogens is 2. The molecular weight excluding hydrogens is 610 g/mol. The summed E-state index contributed by atoms with van der Waals surface area (Å²) in [7, 11) is 1.00. The van der Waals surface area contributed by atoms with Gasteiger partial charge in [0.2, 0.25) is 0 Å². The van der Waals surface area contributed by atoms with Gasteiger partial charge in [-0.25, -0.2) is 13.8 Å². The Hall–Kier alpha value is -3.06. The van der Waals surface area contributed by atoms with Crippen molar-refractivity contribution in [2.24, 2.45) is 0 Å². The second-order valence-corrected chi connectivity index (χ2v) is 7.44. The molecule has 9 heteroatoms. The van der Waals surface area contributed by atoms with Gasteiger partial charge in [-0.3, -0.25) is 0 Å². The number of hydrogen-bond acceptors (Lipinski definition) is 3. The summed E-state index contributed by atoms with van der Waals surface area (Å²) in [6.45, 7) is 0.458. The smallest absolute Gasteiger partial charge is 0.123 e. The standard InChI is InChI=1S/C24H19F2N4O.CH4O.W/c25-16-3-7-23-20(9-16)21-10-17(26)4-8-24(21)30(23)13-19(31)11-28-18-5-1-15(2-6-18)22-12-27-14-29-22;1-2;/h1-10,12,14,19,31H,11,13H2,(H,27,29);2H,1H3;/q-1;;. The van der Waals surface area contributed by atoms with E-state index in [1.54, 1.807) is 24.7 Å². The molecule has 0 fully saturated rings. The maximum Gasteiger partial charge on any atom is 0.123 e. The van der Waals surface area contributed by atoms with Gasteiger partial charge in [0.1, 0.15) is 11.6 Å². The molecule has 34 heavy (non-hydrogen) atoms. The predicted molar refractivity (Wildman–Crippen MR) is 125 cm³/mol. The van der Waals surface area contributed by atoms with Crippen LogP contribution >= 0.6 is 0 Å². The van der Waals surface area contributed by atoms with Gasteiger partial charge in [-0.05, 0) is 42.0 Å². The Balaban J connectivity index is 0.00000105. The molecule has 0 aliphatic carbocycles. The van der Waals surface area contributed by atoms with Crippen LogP contribution in [-0.4, -0.2) is 44.5 Å². The van der Waals surface area contributed by atoms with Crippen LogP contribution in [-0.2, 0) is 27.6 Å². The fraction of sp³-hybridized carbons (Fsp3) is 0.160. The van der Waals surface area contributed by atoms with Crippen molar-refractivity contribution in [3.05, 3.63) is 90.1 Å². The molecule has 5 aromatic rings. The zero-order valence-corrected chi connectivity index (χ0v) is 21.3. The van der Waals surface area contributed by atoms with Crippen molar-refractivity contribution < 1.29 is 40.1 Å². The molecule has 0 aliphatic rings. The molecule has 0 bridgehead atoms. The van der Waals surface area contributed by atoms with Crippen LogP contribution in [0.25, 0.3) is 38.4 Å². The second-order valence-electron chi connectivity index (χ2n) is 7.44. The van der Waals surface area contributed by atoms with Crippen molar-refractivity contribution in [2.45, 2.75) is 12.6 Å². The summed E-state index contributed by atoms with van der Waals surface area (Å²) in [5.74, 6) is -0.769. The van der Waals surface area contributed by atoms with Crippen LogP contribution in [0, 0.1) is 11.6 Å². The Morgan fingerprint density at radius 3 is 2.06 bits per heavy atom. The molecule has 0 saturated heterocycles. The van der Waals surface area contributed by atoms with E-state index in [0.29, 0.717) is 10.8 Å². The average molecular weight is 633 g/mol. The minimum absolute atomic E-state index is 0. The quantitative estimate of drug-likeness (QED) is 0.242.